The Morgan fingerprint density at radius 1 is 1.53 bits per heavy atom. The number of halogens is 1. The van der Waals surface area contributed by atoms with E-state index < -0.39 is 0 Å². The highest BCUT2D eigenvalue weighted by molar-refractivity contribution is 6.33. The molecule has 1 amide bonds. The lowest BCUT2D eigenvalue weighted by atomic mass is 10.0. The maximum atomic E-state index is 11.8. The lowest BCUT2D eigenvalue weighted by Crippen LogP contribution is -2.14. The van der Waals surface area contributed by atoms with Crippen LogP contribution in [0.4, 0.5) is 5.69 Å². The molecule has 0 bridgehead atoms. The van der Waals surface area contributed by atoms with Gasteiger partial charge in [-0.15, -0.1) is 0 Å². The molecule has 1 aromatic rings. The molecule has 0 aliphatic carbocycles. The molecule has 3 N–H and O–H groups in total. The molecular formula is C14H18ClN3O. The number of nitrogens with two attached hydrogens (primary N) is 1. The minimum Gasteiger partial charge on any atom is -0.330 e. The number of rotatable bonds is 6. The van der Waals surface area contributed by atoms with E-state index in [9.17, 15) is 4.79 Å². The van der Waals surface area contributed by atoms with E-state index in [-0.39, 0.29) is 5.91 Å². The van der Waals surface area contributed by atoms with Crippen molar-refractivity contribution in [2.24, 2.45) is 11.7 Å². The van der Waals surface area contributed by atoms with E-state index in [4.69, 9.17) is 22.6 Å². The average molecular weight is 280 g/mol. The predicted octanol–water partition coefficient (Wildman–Crippen LogP) is 2.92. The van der Waals surface area contributed by atoms with Crippen molar-refractivity contribution in [3.63, 3.8) is 0 Å². The van der Waals surface area contributed by atoms with Crippen LogP contribution in [0.3, 0.4) is 0 Å². The molecule has 0 saturated carbocycles. The molecule has 5 heteroatoms. The molecule has 0 saturated heterocycles. The third-order valence-corrected chi connectivity index (χ3v) is 3.21. The Balaban J connectivity index is 2.51. The maximum Gasteiger partial charge on any atom is 0.224 e. The van der Waals surface area contributed by atoms with Crippen molar-refractivity contribution in [3.8, 4) is 6.07 Å². The van der Waals surface area contributed by atoms with Gasteiger partial charge in [-0.25, -0.2) is 0 Å². The molecule has 0 fully saturated rings. The first-order chi connectivity index (χ1) is 9.06. The van der Waals surface area contributed by atoms with Crippen molar-refractivity contribution in [1.29, 1.82) is 5.26 Å². The van der Waals surface area contributed by atoms with Gasteiger partial charge in [-0.05, 0) is 43.5 Å². The monoisotopic (exact) mass is 279 g/mol. The third-order valence-electron chi connectivity index (χ3n) is 2.90. The molecule has 0 radical (unpaired) electrons. The fourth-order valence-electron chi connectivity index (χ4n) is 1.71. The van der Waals surface area contributed by atoms with Crippen molar-refractivity contribution in [3.05, 3.63) is 28.8 Å². The number of amides is 1. The fraction of sp³-hybridized carbons (Fsp3) is 0.429. The highest BCUT2D eigenvalue weighted by atomic mass is 35.5. The van der Waals surface area contributed by atoms with E-state index in [1.54, 1.807) is 12.1 Å². The van der Waals surface area contributed by atoms with Crippen LogP contribution in [0.5, 0.6) is 0 Å². The van der Waals surface area contributed by atoms with E-state index in [2.05, 4.69) is 12.2 Å². The first-order valence-electron chi connectivity index (χ1n) is 6.26. The molecule has 1 unspecified atom stereocenters. The zero-order valence-electron chi connectivity index (χ0n) is 10.9. The Morgan fingerprint density at radius 2 is 2.26 bits per heavy atom. The molecule has 0 aliphatic heterocycles. The van der Waals surface area contributed by atoms with Gasteiger partial charge in [0.2, 0.25) is 5.91 Å². The summed E-state index contributed by atoms with van der Waals surface area (Å²) in [5.74, 6) is 0.364. The minimum absolute atomic E-state index is 0.0736. The van der Waals surface area contributed by atoms with Crippen molar-refractivity contribution in [1.82, 2.24) is 0 Å². The van der Waals surface area contributed by atoms with Crippen molar-refractivity contribution in [2.45, 2.75) is 26.2 Å². The lowest BCUT2D eigenvalue weighted by Gasteiger charge is -2.10. The molecule has 0 aromatic heterocycles. The Bertz CT molecular complexity index is 482. The smallest absolute Gasteiger partial charge is 0.224 e. The van der Waals surface area contributed by atoms with Crippen LogP contribution in [0, 0.1) is 17.2 Å². The molecule has 1 aromatic carbocycles. The van der Waals surface area contributed by atoms with Crippen LogP contribution >= 0.6 is 11.6 Å². The van der Waals surface area contributed by atoms with Crippen LogP contribution in [-0.4, -0.2) is 12.5 Å². The quantitative estimate of drug-likeness (QED) is 0.840. The summed E-state index contributed by atoms with van der Waals surface area (Å²) in [7, 11) is 0. The van der Waals surface area contributed by atoms with Gasteiger partial charge in [-0.1, -0.05) is 18.5 Å². The number of anilines is 1. The molecule has 4 nitrogen and oxygen atoms in total. The normalized spacial score (nSPS) is 11.7. The Kier molecular flexibility index (Phi) is 6.34. The van der Waals surface area contributed by atoms with Crippen LogP contribution in [0.25, 0.3) is 0 Å². The summed E-state index contributed by atoms with van der Waals surface area (Å²) in [4.78, 5) is 11.8. The van der Waals surface area contributed by atoms with Gasteiger partial charge in [-0.2, -0.15) is 5.26 Å². The largest absolute Gasteiger partial charge is 0.330 e. The number of benzene rings is 1. The van der Waals surface area contributed by atoms with Gasteiger partial charge in [0.05, 0.1) is 22.3 Å². The van der Waals surface area contributed by atoms with E-state index in [0.29, 0.717) is 35.2 Å². The minimum atomic E-state index is -0.0736. The number of hydrogen-bond acceptors (Lipinski definition) is 3. The second-order valence-corrected chi connectivity index (χ2v) is 4.98. The zero-order chi connectivity index (χ0) is 14.3. The highest BCUT2D eigenvalue weighted by Crippen LogP contribution is 2.23. The van der Waals surface area contributed by atoms with Crippen LogP contribution in [0.2, 0.25) is 5.02 Å². The molecule has 1 rings (SSSR count). The lowest BCUT2D eigenvalue weighted by molar-refractivity contribution is -0.116. The van der Waals surface area contributed by atoms with E-state index in [1.807, 2.05) is 6.07 Å². The third kappa shape index (κ3) is 5.29. The van der Waals surface area contributed by atoms with Gasteiger partial charge >= 0.3 is 0 Å². The van der Waals surface area contributed by atoms with E-state index >= 15 is 0 Å². The molecule has 102 valence electrons. The molecule has 0 aliphatic rings. The Morgan fingerprint density at radius 3 is 2.84 bits per heavy atom. The first-order valence-corrected chi connectivity index (χ1v) is 6.64. The van der Waals surface area contributed by atoms with Gasteiger partial charge in [-0.3, -0.25) is 4.79 Å². The summed E-state index contributed by atoms with van der Waals surface area (Å²) in [5, 5.41) is 11.8. The van der Waals surface area contributed by atoms with Crippen molar-refractivity contribution in [2.75, 3.05) is 11.9 Å². The second kappa shape index (κ2) is 7.78. The fourth-order valence-corrected chi connectivity index (χ4v) is 1.93. The number of hydrogen-bond donors (Lipinski definition) is 2. The summed E-state index contributed by atoms with van der Waals surface area (Å²) in [5.41, 5.74) is 6.47. The van der Waals surface area contributed by atoms with Crippen molar-refractivity contribution < 1.29 is 4.79 Å². The standard InChI is InChI=1S/C14H18ClN3O/c1-10(6-7-16)2-5-14(19)18-13-4-3-11(9-17)8-12(13)15/h3-4,8,10H,2,5-7,16H2,1H3,(H,18,19). The Hall–Kier alpha value is -1.57. The van der Waals surface area contributed by atoms with E-state index in [1.165, 1.54) is 6.07 Å². The molecule has 19 heavy (non-hydrogen) atoms. The molecule has 0 spiro atoms. The first kappa shape index (κ1) is 15.5. The van der Waals surface area contributed by atoms with Crippen LogP contribution < -0.4 is 11.1 Å². The molecule has 0 heterocycles. The summed E-state index contributed by atoms with van der Waals surface area (Å²) < 4.78 is 0. The number of carbonyl (C=O) groups is 1. The number of carbonyl (C=O) groups excluding carboxylic acids is 1. The van der Waals surface area contributed by atoms with Gasteiger partial charge in [0.1, 0.15) is 0 Å². The number of nitrogens with one attached hydrogen (secondary N) is 1. The highest BCUT2D eigenvalue weighted by Gasteiger charge is 2.09. The van der Waals surface area contributed by atoms with Crippen LogP contribution in [0.15, 0.2) is 18.2 Å². The number of nitrogens with zero attached hydrogens (tertiary/aromatic N) is 1. The van der Waals surface area contributed by atoms with Gasteiger partial charge < -0.3 is 11.1 Å². The summed E-state index contributed by atoms with van der Waals surface area (Å²) in [6.45, 7) is 2.72. The molecule has 1 atom stereocenters. The zero-order valence-corrected chi connectivity index (χ0v) is 11.7. The van der Waals surface area contributed by atoms with Crippen LogP contribution in [0.1, 0.15) is 31.7 Å². The van der Waals surface area contributed by atoms with Gasteiger partial charge in [0.15, 0.2) is 0 Å². The topological polar surface area (TPSA) is 78.9 Å². The summed E-state index contributed by atoms with van der Waals surface area (Å²) in [6.07, 6.45) is 2.17. The predicted molar refractivity (Wildman–Crippen MR) is 76.9 cm³/mol. The van der Waals surface area contributed by atoms with Gasteiger partial charge in [0, 0.05) is 6.42 Å². The summed E-state index contributed by atoms with van der Waals surface area (Å²) in [6, 6.07) is 6.79. The van der Waals surface area contributed by atoms with Crippen LogP contribution in [-0.2, 0) is 4.79 Å². The number of nitriles is 1. The average Bonchev–Trinajstić information content (AvgIpc) is 2.39. The van der Waals surface area contributed by atoms with E-state index in [0.717, 1.165) is 12.8 Å². The SMILES string of the molecule is CC(CCN)CCC(=O)Nc1ccc(C#N)cc1Cl. The molecular weight excluding hydrogens is 262 g/mol. The Labute approximate surface area is 118 Å². The maximum absolute atomic E-state index is 11.8. The second-order valence-electron chi connectivity index (χ2n) is 4.58. The van der Waals surface area contributed by atoms with Crippen molar-refractivity contribution >= 4 is 23.2 Å². The summed E-state index contributed by atoms with van der Waals surface area (Å²) >= 11 is 5.98. The van der Waals surface area contributed by atoms with Gasteiger partial charge in [0.25, 0.3) is 0 Å².